The molecule has 1 aliphatic heterocycles. The number of aryl methyl sites for hydroxylation is 2. The number of carbonyl (C=O) groups excluding carboxylic acids is 2. The topological polar surface area (TPSA) is 77.2 Å². The van der Waals surface area contributed by atoms with Gasteiger partial charge in [-0.15, -0.1) is 0 Å². The molecule has 2 aromatic carbocycles. The Morgan fingerprint density at radius 2 is 1.76 bits per heavy atom. The number of fused-ring (bicyclic) bond motifs is 1. The summed E-state index contributed by atoms with van der Waals surface area (Å²) in [7, 11) is 0. The summed E-state index contributed by atoms with van der Waals surface area (Å²) in [5.74, 6) is -0.0922. The first kappa shape index (κ1) is 19.1. The van der Waals surface area contributed by atoms with Crippen LogP contribution in [-0.2, 0) is 0 Å². The maximum atomic E-state index is 12.7. The smallest absolute Gasteiger partial charge is 0.321 e. The Bertz CT molecular complexity index is 1030. The molecule has 3 amide bonds. The zero-order valence-corrected chi connectivity index (χ0v) is 16.8. The minimum absolute atomic E-state index is 0.0671. The molecule has 1 aromatic heterocycles. The van der Waals surface area contributed by atoms with E-state index in [-0.39, 0.29) is 18.0 Å². The van der Waals surface area contributed by atoms with Crippen LogP contribution in [0.4, 0.5) is 10.5 Å². The van der Waals surface area contributed by atoms with Gasteiger partial charge in [0.15, 0.2) is 0 Å². The number of aromatic nitrogens is 1. The van der Waals surface area contributed by atoms with Crippen LogP contribution in [-0.4, -0.2) is 41.0 Å². The van der Waals surface area contributed by atoms with Gasteiger partial charge < -0.3 is 20.5 Å². The van der Waals surface area contributed by atoms with Gasteiger partial charge in [0.2, 0.25) is 0 Å². The van der Waals surface area contributed by atoms with E-state index < -0.39 is 0 Å². The van der Waals surface area contributed by atoms with Gasteiger partial charge in [-0.25, -0.2) is 4.79 Å². The van der Waals surface area contributed by atoms with Gasteiger partial charge in [-0.1, -0.05) is 24.3 Å². The van der Waals surface area contributed by atoms with Crippen molar-refractivity contribution >= 4 is 28.5 Å². The Labute approximate surface area is 170 Å². The van der Waals surface area contributed by atoms with Crippen molar-refractivity contribution in [3.63, 3.8) is 0 Å². The number of nitrogens with one attached hydrogen (secondary N) is 3. The van der Waals surface area contributed by atoms with Crippen LogP contribution >= 0.6 is 0 Å². The number of anilines is 1. The highest BCUT2D eigenvalue weighted by molar-refractivity contribution is 5.99. The zero-order chi connectivity index (χ0) is 20.4. The van der Waals surface area contributed by atoms with Gasteiger partial charge in [-0.05, 0) is 62.1 Å². The predicted octanol–water partition coefficient (Wildman–Crippen LogP) is 4.21. The van der Waals surface area contributed by atoms with Crippen molar-refractivity contribution in [2.75, 3.05) is 18.4 Å². The molecule has 150 valence electrons. The highest BCUT2D eigenvalue weighted by Gasteiger charge is 2.24. The number of rotatable bonds is 3. The van der Waals surface area contributed by atoms with Gasteiger partial charge in [-0.3, -0.25) is 4.79 Å². The lowest BCUT2D eigenvalue weighted by molar-refractivity contribution is 0.0915. The van der Waals surface area contributed by atoms with E-state index in [1.807, 2.05) is 36.4 Å². The molecule has 3 aromatic rings. The van der Waals surface area contributed by atoms with E-state index in [1.54, 1.807) is 4.90 Å². The maximum Gasteiger partial charge on any atom is 0.321 e. The number of likely N-dealkylation sites (tertiary alicyclic amines) is 1. The molecule has 0 bridgehead atoms. The van der Waals surface area contributed by atoms with E-state index in [2.05, 4.69) is 41.6 Å². The number of amides is 3. The van der Waals surface area contributed by atoms with Gasteiger partial charge >= 0.3 is 6.03 Å². The van der Waals surface area contributed by atoms with Crippen LogP contribution in [0.2, 0.25) is 0 Å². The fraction of sp³-hybridized carbons (Fsp3) is 0.304. The van der Waals surface area contributed by atoms with Crippen molar-refractivity contribution < 1.29 is 9.59 Å². The summed E-state index contributed by atoms with van der Waals surface area (Å²) in [6.07, 6.45) is 1.48. The lowest BCUT2D eigenvalue weighted by Crippen LogP contribution is -2.47. The van der Waals surface area contributed by atoms with Crippen molar-refractivity contribution in [2.45, 2.75) is 32.7 Å². The molecule has 1 aliphatic rings. The van der Waals surface area contributed by atoms with E-state index in [0.29, 0.717) is 18.8 Å². The molecular formula is C23H26N4O2. The second-order valence-corrected chi connectivity index (χ2v) is 7.76. The quantitative estimate of drug-likeness (QED) is 0.626. The average Bonchev–Trinajstić information content (AvgIpc) is 3.14. The lowest BCUT2D eigenvalue weighted by Gasteiger charge is -2.32. The standard InChI is InChI=1S/C23H26N4O2/c1-15-12-16(2)19-14-21(26-20(19)13-15)22(28)24-18-8-10-27(11-9-18)23(29)25-17-6-4-3-5-7-17/h3-7,12-14,18,26H,8-11H2,1-2H3,(H,24,28)(H,25,29). The Balaban J connectivity index is 1.33. The summed E-state index contributed by atoms with van der Waals surface area (Å²) < 4.78 is 0. The fourth-order valence-electron chi connectivity index (χ4n) is 3.94. The SMILES string of the molecule is Cc1cc(C)c2cc(C(=O)NC3CCN(C(=O)Nc4ccccc4)CC3)[nH]c2c1. The number of benzene rings is 2. The van der Waals surface area contributed by atoms with Crippen LogP contribution < -0.4 is 10.6 Å². The number of urea groups is 1. The summed E-state index contributed by atoms with van der Waals surface area (Å²) in [5.41, 5.74) is 4.69. The molecule has 0 atom stereocenters. The number of nitrogens with zero attached hydrogens (tertiary/aromatic N) is 1. The molecule has 29 heavy (non-hydrogen) atoms. The molecule has 0 spiro atoms. The van der Waals surface area contributed by atoms with Gasteiger partial charge in [0, 0.05) is 35.7 Å². The number of hydrogen-bond donors (Lipinski definition) is 3. The Kier molecular flexibility index (Phi) is 5.25. The third-order valence-corrected chi connectivity index (χ3v) is 5.48. The van der Waals surface area contributed by atoms with Crippen LogP contribution in [0.1, 0.15) is 34.5 Å². The molecule has 0 unspecified atom stereocenters. The Hall–Kier alpha value is -3.28. The predicted molar refractivity (Wildman–Crippen MR) is 115 cm³/mol. The summed E-state index contributed by atoms with van der Waals surface area (Å²) in [4.78, 5) is 30.1. The van der Waals surface area contributed by atoms with Crippen LogP contribution in [0.15, 0.2) is 48.5 Å². The van der Waals surface area contributed by atoms with Crippen LogP contribution in [0.3, 0.4) is 0 Å². The first-order chi connectivity index (χ1) is 14.0. The van der Waals surface area contributed by atoms with E-state index in [0.717, 1.165) is 35.0 Å². The normalized spacial score (nSPS) is 14.8. The molecule has 0 radical (unpaired) electrons. The Morgan fingerprint density at radius 1 is 1.03 bits per heavy atom. The lowest BCUT2D eigenvalue weighted by atomic mass is 10.0. The molecular weight excluding hydrogens is 364 g/mol. The summed E-state index contributed by atoms with van der Waals surface area (Å²) in [6.45, 7) is 5.35. The Morgan fingerprint density at radius 3 is 2.48 bits per heavy atom. The van der Waals surface area contributed by atoms with E-state index >= 15 is 0 Å². The minimum Gasteiger partial charge on any atom is -0.351 e. The molecule has 1 saturated heterocycles. The van der Waals surface area contributed by atoms with Gasteiger partial charge in [0.1, 0.15) is 5.69 Å². The van der Waals surface area contributed by atoms with E-state index in [9.17, 15) is 9.59 Å². The molecule has 4 rings (SSSR count). The molecule has 3 N–H and O–H groups in total. The third-order valence-electron chi connectivity index (χ3n) is 5.48. The number of hydrogen-bond acceptors (Lipinski definition) is 2. The van der Waals surface area contributed by atoms with Crippen molar-refractivity contribution in [3.8, 4) is 0 Å². The molecule has 1 fully saturated rings. The summed E-state index contributed by atoms with van der Waals surface area (Å²) in [5, 5.41) is 7.10. The van der Waals surface area contributed by atoms with Crippen LogP contribution in [0, 0.1) is 13.8 Å². The summed E-state index contributed by atoms with van der Waals surface area (Å²) >= 11 is 0. The second-order valence-electron chi connectivity index (χ2n) is 7.76. The second kappa shape index (κ2) is 7.99. The first-order valence-corrected chi connectivity index (χ1v) is 10.0. The zero-order valence-electron chi connectivity index (χ0n) is 16.8. The van der Waals surface area contributed by atoms with Crippen molar-refractivity contribution in [1.82, 2.24) is 15.2 Å². The van der Waals surface area contributed by atoms with E-state index in [1.165, 1.54) is 5.56 Å². The monoisotopic (exact) mass is 390 g/mol. The number of H-pyrrole nitrogens is 1. The molecule has 2 heterocycles. The number of aromatic amines is 1. The highest BCUT2D eigenvalue weighted by Crippen LogP contribution is 2.22. The maximum absolute atomic E-state index is 12.7. The van der Waals surface area contributed by atoms with Crippen molar-refractivity contribution in [3.05, 3.63) is 65.4 Å². The molecule has 6 nitrogen and oxygen atoms in total. The fourth-order valence-corrected chi connectivity index (χ4v) is 3.94. The van der Waals surface area contributed by atoms with Crippen LogP contribution in [0.5, 0.6) is 0 Å². The van der Waals surface area contributed by atoms with E-state index in [4.69, 9.17) is 0 Å². The molecule has 0 aliphatic carbocycles. The van der Waals surface area contributed by atoms with Crippen molar-refractivity contribution in [1.29, 1.82) is 0 Å². The van der Waals surface area contributed by atoms with Crippen molar-refractivity contribution in [2.24, 2.45) is 0 Å². The highest BCUT2D eigenvalue weighted by atomic mass is 16.2. The van der Waals surface area contributed by atoms with Gasteiger partial charge in [-0.2, -0.15) is 0 Å². The number of carbonyl (C=O) groups is 2. The largest absolute Gasteiger partial charge is 0.351 e. The van der Waals surface area contributed by atoms with Crippen LogP contribution in [0.25, 0.3) is 10.9 Å². The first-order valence-electron chi connectivity index (χ1n) is 10.0. The molecule has 6 heteroatoms. The molecule has 0 saturated carbocycles. The minimum atomic E-state index is -0.0950. The number of para-hydroxylation sites is 1. The van der Waals surface area contributed by atoms with Gasteiger partial charge in [0.05, 0.1) is 0 Å². The summed E-state index contributed by atoms with van der Waals surface area (Å²) in [6, 6.07) is 15.5. The van der Waals surface area contributed by atoms with Gasteiger partial charge in [0.25, 0.3) is 5.91 Å². The average molecular weight is 390 g/mol. The number of piperidine rings is 1. The third kappa shape index (κ3) is 4.26.